The molecule has 0 spiro atoms. The number of anilines is 2. The number of rotatable bonds is 4. The Kier molecular flexibility index (Phi) is 7.29. The number of hydrogen-bond donors (Lipinski definition) is 3. The lowest BCUT2D eigenvalue weighted by Gasteiger charge is -2.20. The van der Waals surface area contributed by atoms with Crippen molar-refractivity contribution in [3.63, 3.8) is 0 Å². The number of benzene rings is 1. The number of nitrogens with two attached hydrogens (primary N) is 1. The number of hydrogen-bond acceptors (Lipinski definition) is 8. The summed E-state index contributed by atoms with van der Waals surface area (Å²) in [5.74, 6) is -3.74. The third-order valence-corrected chi connectivity index (χ3v) is 5.92. The number of halogens is 5. The van der Waals surface area contributed by atoms with Crippen molar-refractivity contribution < 1.29 is 31.4 Å². The molecule has 0 radical (unpaired) electrons. The van der Waals surface area contributed by atoms with Crippen LogP contribution in [-0.2, 0) is 6.42 Å². The van der Waals surface area contributed by atoms with Gasteiger partial charge in [-0.05, 0) is 37.9 Å². The first-order valence-electron chi connectivity index (χ1n) is 11.2. The van der Waals surface area contributed by atoms with Crippen LogP contribution < -0.4 is 25.8 Å². The molecule has 1 aliphatic rings. The van der Waals surface area contributed by atoms with Crippen LogP contribution in [0.4, 0.5) is 33.5 Å². The van der Waals surface area contributed by atoms with Gasteiger partial charge in [0, 0.05) is 25.1 Å². The number of methoxy groups -OCH3 is 1. The summed E-state index contributed by atoms with van der Waals surface area (Å²) in [6.07, 6.45) is -3.90. The molecule has 3 heterocycles. The van der Waals surface area contributed by atoms with Crippen molar-refractivity contribution in [2.45, 2.75) is 39.2 Å². The van der Waals surface area contributed by atoms with Gasteiger partial charge in [0.25, 0.3) is 0 Å². The second kappa shape index (κ2) is 10.2. The van der Waals surface area contributed by atoms with Gasteiger partial charge in [-0.2, -0.15) is 9.97 Å². The summed E-state index contributed by atoms with van der Waals surface area (Å²) in [5.41, 5.74) is 2.15. The standard InChI is InChI=1S/C23H25F5N6O2/c1-9-4-5-30-6-7-31-21-14-20(33-23(34-21)35-3)17(28)19(32-22(14)36-9)13-11(8-12(24)25)10(2)15(26)18(29)16(13)27/h9,12,30H,4-8,29H2,1-3H3,(H,31,33,34). The lowest BCUT2D eigenvalue weighted by atomic mass is 9.93. The fourth-order valence-electron chi connectivity index (χ4n) is 4.08. The summed E-state index contributed by atoms with van der Waals surface area (Å²) in [5, 5.41) is 6.33. The number of aromatic nitrogens is 3. The van der Waals surface area contributed by atoms with Gasteiger partial charge in [0.1, 0.15) is 28.1 Å². The van der Waals surface area contributed by atoms with E-state index in [9.17, 15) is 13.2 Å². The predicted octanol–water partition coefficient (Wildman–Crippen LogP) is 3.99. The average Bonchev–Trinajstić information content (AvgIpc) is 2.87. The molecule has 36 heavy (non-hydrogen) atoms. The van der Waals surface area contributed by atoms with E-state index in [4.69, 9.17) is 15.2 Å². The van der Waals surface area contributed by atoms with E-state index in [1.165, 1.54) is 14.0 Å². The number of alkyl halides is 2. The zero-order valence-electron chi connectivity index (χ0n) is 19.8. The topological polar surface area (TPSA) is 107 Å². The van der Waals surface area contributed by atoms with E-state index >= 15 is 8.78 Å². The van der Waals surface area contributed by atoms with E-state index < -0.39 is 58.9 Å². The molecule has 0 fully saturated rings. The van der Waals surface area contributed by atoms with Crippen molar-refractivity contribution in [3.8, 4) is 23.1 Å². The van der Waals surface area contributed by atoms with Gasteiger partial charge in [0.2, 0.25) is 12.3 Å². The number of nitrogen functional groups attached to an aromatic ring is 1. The van der Waals surface area contributed by atoms with Crippen LogP contribution in [0.5, 0.6) is 11.9 Å². The summed E-state index contributed by atoms with van der Waals surface area (Å²) < 4.78 is 83.9. The Balaban J connectivity index is 2.10. The van der Waals surface area contributed by atoms with Crippen molar-refractivity contribution in [1.29, 1.82) is 0 Å². The Hall–Kier alpha value is -3.48. The van der Waals surface area contributed by atoms with Crippen molar-refractivity contribution in [2.24, 2.45) is 0 Å². The summed E-state index contributed by atoms with van der Waals surface area (Å²) in [7, 11) is 1.28. The van der Waals surface area contributed by atoms with Crippen LogP contribution in [0.2, 0.25) is 0 Å². The largest absolute Gasteiger partial charge is 0.474 e. The molecule has 0 saturated heterocycles. The Bertz CT molecular complexity index is 1310. The minimum Gasteiger partial charge on any atom is -0.474 e. The first-order valence-corrected chi connectivity index (χ1v) is 11.2. The Morgan fingerprint density at radius 1 is 1.08 bits per heavy atom. The van der Waals surface area contributed by atoms with Crippen LogP contribution in [0.15, 0.2) is 0 Å². The van der Waals surface area contributed by atoms with E-state index in [1.54, 1.807) is 6.92 Å². The van der Waals surface area contributed by atoms with Crippen molar-refractivity contribution in [1.82, 2.24) is 20.3 Å². The molecule has 1 aromatic carbocycles. The maximum absolute atomic E-state index is 16.1. The smallest absolute Gasteiger partial charge is 0.318 e. The van der Waals surface area contributed by atoms with Crippen molar-refractivity contribution in [3.05, 3.63) is 28.6 Å². The summed E-state index contributed by atoms with van der Waals surface area (Å²) in [6, 6.07) is -0.203. The van der Waals surface area contributed by atoms with Gasteiger partial charge in [-0.15, -0.1) is 0 Å². The van der Waals surface area contributed by atoms with Gasteiger partial charge < -0.3 is 25.8 Å². The summed E-state index contributed by atoms with van der Waals surface area (Å²) >= 11 is 0. The molecule has 194 valence electrons. The van der Waals surface area contributed by atoms with Crippen LogP contribution in [0.3, 0.4) is 0 Å². The lowest BCUT2D eigenvalue weighted by Crippen LogP contribution is -2.26. The normalized spacial score (nSPS) is 16.4. The van der Waals surface area contributed by atoms with Crippen LogP contribution in [-0.4, -0.2) is 54.2 Å². The fraction of sp³-hybridized carbons (Fsp3) is 0.435. The highest BCUT2D eigenvalue weighted by Gasteiger charge is 2.30. The first kappa shape index (κ1) is 25.6. The minimum atomic E-state index is -2.98. The highest BCUT2D eigenvalue weighted by atomic mass is 19.3. The van der Waals surface area contributed by atoms with Gasteiger partial charge in [-0.25, -0.2) is 26.9 Å². The lowest BCUT2D eigenvalue weighted by molar-refractivity contribution is 0.149. The quantitative estimate of drug-likeness (QED) is 0.356. The molecule has 0 saturated carbocycles. The third kappa shape index (κ3) is 4.66. The zero-order chi connectivity index (χ0) is 26.1. The van der Waals surface area contributed by atoms with Crippen LogP contribution in [0, 0.1) is 24.4 Å². The molecule has 3 aromatic rings. The molecule has 4 rings (SSSR count). The highest BCUT2D eigenvalue weighted by Crippen LogP contribution is 2.41. The van der Waals surface area contributed by atoms with Crippen molar-refractivity contribution in [2.75, 3.05) is 37.8 Å². The maximum Gasteiger partial charge on any atom is 0.318 e. The summed E-state index contributed by atoms with van der Waals surface area (Å²) in [6.45, 7) is 4.51. The number of pyridine rings is 1. The Morgan fingerprint density at radius 2 is 1.83 bits per heavy atom. The van der Waals surface area contributed by atoms with Crippen LogP contribution >= 0.6 is 0 Å². The molecule has 1 aliphatic heterocycles. The van der Waals surface area contributed by atoms with E-state index in [0.717, 1.165) is 0 Å². The second-order valence-corrected chi connectivity index (χ2v) is 8.37. The first-order chi connectivity index (χ1) is 17.1. The molecular formula is C23H25F5N6O2. The minimum absolute atomic E-state index is 0.0634. The number of ether oxygens (including phenoxy) is 2. The monoisotopic (exact) mass is 512 g/mol. The van der Waals surface area contributed by atoms with Gasteiger partial charge >= 0.3 is 6.01 Å². The van der Waals surface area contributed by atoms with E-state index in [1.807, 2.05) is 0 Å². The Labute approximate surface area is 203 Å². The maximum atomic E-state index is 16.1. The molecule has 0 amide bonds. The molecule has 1 atom stereocenters. The SMILES string of the molecule is COc1nc2c3c(nc(-c4c(F)c(N)c(F)c(C)c4CC(F)F)c(F)c3n1)OC(C)CCNCCN2. The fourth-order valence-corrected chi connectivity index (χ4v) is 4.08. The predicted molar refractivity (Wildman–Crippen MR) is 124 cm³/mol. The molecule has 0 bridgehead atoms. The van der Waals surface area contributed by atoms with Gasteiger partial charge in [-0.3, -0.25) is 0 Å². The second-order valence-electron chi connectivity index (χ2n) is 8.37. The molecule has 1 unspecified atom stereocenters. The van der Waals surface area contributed by atoms with Crippen LogP contribution in [0.25, 0.3) is 22.2 Å². The highest BCUT2D eigenvalue weighted by molar-refractivity contribution is 5.96. The molecule has 4 N–H and O–H groups in total. The molecular weight excluding hydrogens is 487 g/mol. The van der Waals surface area contributed by atoms with E-state index in [0.29, 0.717) is 26.1 Å². The molecule has 2 aromatic heterocycles. The molecule has 8 nitrogen and oxygen atoms in total. The van der Waals surface area contributed by atoms with Gasteiger partial charge in [0.05, 0.1) is 13.2 Å². The average molecular weight is 512 g/mol. The zero-order valence-corrected chi connectivity index (χ0v) is 19.8. The van der Waals surface area contributed by atoms with Crippen LogP contribution in [0.1, 0.15) is 24.5 Å². The van der Waals surface area contributed by atoms with Crippen molar-refractivity contribution >= 4 is 22.4 Å². The molecule has 0 aliphatic carbocycles. The molecule has 13 heteroatoms. The van der Waals surface area contributed by atoms with Gasteiger partial charge in [-0.1, -0.05) is 0 Å². The number of nitrogens with one attached hydrogen (secondary N) is 2. The van der Waals surface area contributed by atoms with Gasteiger partial charge in [0.15, 0.2) is 17.5 Å². The van der Waals surface area contributed by atoms with E-state index in [2.05, 4.69) is 25.6 Å². The van der Waals surface area contributed by atoms with E-state index in [-0.39, 0.29) is 34.2 Å². The number of nitrogens with zero attached hydrogens (tertiary/aromatic N) is 3. The third-order valence-electron chi connectivity index (χ3n) is 5.92. The Morgan fingerprint density at radius 3 is 2.53 bits per heavy atom. The summed E-state index contributed by atoms with van der Waals surface area (Å²) in [4.78, 5) is 12.5.